The molecule has 0 unspecified atom stereocenters. The van der Waals surface area contributed by atoms with E-state index in [9.17, 15) is 5.11 Å². The number of hydrogen-bond acceptors (Lipinski definition) is 5. The number of benzene rings is 1. The van der Waals surface area contributed by atoms with Gasteiger partial charge in [0.1, 0.15) is 0 Å². The number of nitrogens with zero attached hydrogens (tertiary/aromatic N) is 3. The van der Waals surface area contributed by atoms with E-state index in [0.29, 0.717) is 11.8 Å². The number of aromatic nitrogens is 2. The molecular formula is C20H29N3O2. The Morgan fingerprint density at radius 3 is 2.36 bits per heavy atom. The van der Waals surface area contributed by atoms with Crippen LogP contribution in [0.5, 0.6) is 0 Å². The third-order valence-electron chi connectivity index (χ3n) is 5.18. The lowest BCUT2D eigenvalue weighted by Crippen LogP contribution is -2.37. The predicted molar refractivity (Wildman–Crippen MR) is 97.1 cm³/mol. The second-order valence-corrected chi connectivity index (χ2v) is 8.11. The highest BCUT2D eigenvalue weighted by Gasteiger charge is 2.31. The number of hydrogen-bond donors (Lipinski definition) is 1. The molecule has 1 fully saturated rings. The second kappa shape index (κ2) is 7.26. The molecule has 0 spiro atoms. The molecule has 5 nitrogen and oxygen atoms in total. The molecular weight excluding hydrogens is 314 g/mol. The van der Waals surface area contributed by atoms with Gasteiger partial charge in [0.15, 0.2) is 5.82 Å². The van der Waals surface area contributed by atoms with Crippen LogP contribution < -0.4 is 0 Å². The number of piperidine rings is 1. The fraction of sp³-hybridized carbons (Fsp3) is 0.600. The summed E-state index contributed by atoms with van der Waals surface area (Å²) in [7, 11) is 0. The molecule has 1 N–H and O–H groups in total. The fourth-order valence-corrected chi connectivity index (χ4v) is 3.41. The number of rotatable bonds is 4. The lowest BCUT2D eigenvalue weighted by atomic mass is 9.87. The van der Waals surface area contributed by atoms with E-state index in [1.165, 1.54) is 0 Å². The Hall–Kier alpha value is -1.72. The minimum Gasteiger partial charge on any atom is -0.388 e. The van der Waals surface area contributed by atoms with Crippen molar-refractivity contribution in [1.29, 1.82) is 0 Å². The number of likely N-dealkylation sites (tertiary alicyclic amines) is 1. The third-order valence-corrected chi connectivity index (χ3v) is 5.18. The highest BCUT2D eigenvalue weighted by atomic mass is 16.5. The van der Waals surface area contributed by atoms with Crippen molar-refractivity contribution in [3.8, 4) is 0 Å². The largest absolute Gasteiger partial charge is 0.388 e. The molecule has 25 heavy (non-hydrogen) atoms. The standard InChI is InChI=1S/C20H29N3O2/c1-14(18-21-19(22-25-18)20(2,3)4)23-12-10-16(11-13-23)17(24)15-8-6-5-7-9-15/h5-9,14,16-17,24H,10-13H2,1-4H3/t14-,17+/m0/s1. The van der Waals surface area contributed by atoms with Gasteiger partial charge in [-0.3, -0.25) is 4.90 Å². The fourth-order valence-electron chi connectivity index (χ4n) is 3.41. The summed E-state index contributed by atoms with van der Waals surface area (Å²) in [5.74, 6) is 1.74. The van der Waals surface area contributed by atoms with Gasteiger partial charge in [-0.05, 0) is 44.3 Å². The zero-order valence-electron chi connectivity index (χ0n) is 15.6. The predicted octanol–water partition coefficient (Wildman–Crippen LogP) is 3.87. The van der Waals surface area contributed by atoms with Gasteiger partial charge in [0, 0.05) is 5.41 Å². The van der Waals surface area contributed by atoms with E-state index in [4.69, 9.17) is 4.52 Å². The van der Waals surface area contributed by atoms with Crippen LogP contribution in [-0.2, 0) is 5.41 Å². The SMILES string of the molecule is C[C@@H](c1nc(C(C)(C)C)no1)N1CCC([C@H](O)c2ccccc2)CC1. The van der Waals surface area contributed by atoms with E-state index >= 15 is 0 Å². The van der Waals surface area contributed by atoms with Gasteiger partial charge >= 0.3 is 0 Å². The number of aliphatic hydroxyl groups is 1. The summed E-state index contributed by atoms with van der Waals surface area (Å²) >= 11 is 0. The van der Waals surface area contributed by atoms with Crippen molar-refractivity contribution in [2.75, 3.05) is 13.1 Å². The zero-order chi connectivity index (χ0) is 18.0. The Morgan fingerprint density at radius 2 is 1.80 bits per heavy atom. The Morgan fingerprint density at radius 1 is 1.16 bits per heavy atom. The third kappa shape index (κ3) is 4.10. The topological polar surface area (TPSA) is 62.4 Å². The van der Waals surface area contributed by atoms with Crippen LogP contribution in [0.2, 0.25) is 0 Å². The van der Waals surface area contributed by atoms with Gasteiger partial charge in [-0.2, -0.15) is 4.98 Å². The van der Waals surface area contributed by atoms with Gasteiger partial charge in [0.25, 0.3) is 0 Å². The van der Waals surface area contributed by atoms with E-state index in [1.54, 1.807) is 0 Å². The minimum absolute atomic E-state index is 0.103. The molecule has 1 aliphatic rings. The molecule has 2 atom stereocenters. The first-order chi connectivity index (χ1) is 11.9. The van der Waals surface area contributed by atoms with Gasteiger partial charge in [-0.1, -0.05) is 56.3 Å². The van der Waals surface area contributed by atoms with Gasteiger partial charge in [-0.15, -0.1) is 0 Å². The Labute approximate surface area is 150 Å². The Kier molecular flexibility index (Phi) is 5.25. The van der Waals surface area contributed by atoms with Crippen LogP contribution in [0.25, 0.3) is 0 Å². The van der Waals surface area contributed by atoms with Crippen molar-refractivity contribution in [3.63, 3.8) is 0 Å². The van der Waals surface area contributed by atoms with Crippen LogP contribution in [-0.4, -0.2) is 33.2 Å². The van der Waals surface area contributed by atoms with Gasteiger partial charge in [0.05, 0.1) is 12.1 Å². The van der Waals surface area contributed by atoms with Crippen LogP contribution in [0.1, 0.15) is 70.0 Å². The van der Waals surface area contributed by atoms with Crippen molar-refractivity contribution in [2.45, 2.75) is 58.1 Å². The molecule has 2 aromatic rings. The summed E-state index contributed by atoms with van der Waals surface area (Å²) in [5.41, 5.74) is 0.912. The maximum atomic E-state index is 10.6. The molecule has 3 rings (SSSR count). The van der Waals surface area contributed by atoms with Crippen LogP contribution in [0.3, 0.4) is 0 Å². The van der Waals surface area contributed by atoms with Crippen molar-refractivity contribution >= 4 is 0 Å². The van der Waals surface area contributed by atoms with E-state index in [0.717, 1.165) is 37.3 Å². The van der Waals surface area contributed by atoms with E-state index < -0.39 is 0 Å². The lowest BCUT2D eigenvalue weighted by molar-refractivity contribution is 0.0420. The highest BCUT2D eigenvalue weighted by Crippen LogP contribution is 2.33. The minimum atomic E-state index is -0.380. The summed E-state index contributed by atoms with van der Waals surface area (Å²) < 4.78 is 5.50. The summed E-state index contributed by atoms with van der Waals surface area (Å²) in [6.07, 6.45) is 1.57. The molecule has 1 aromatic carbocycles. The van der Waals surface area contributed by atoms with Gasteiger partial charge < -0.3 is 9.63 Å². The number of aliphatic hydroxyl groups excluding tert-OH is 1. The van der Waals surface area contributed by atoms with E-state index in [1.807, 2.05) is 30.3 Å². The maximum Gasteiger partial charge on any atom is 0.243 e. The van der Waals surface area contributed by atoms with E-state index in [-0.39, 0.29) is 17.6 Å². The quantitative estimate of drug-likeness (QED) is 0.913. The summed E-state index contributed by atoms with van der Waals surface area (Å²) in [6.45, 7) is 10.2. The molecule has 0 saturated carbocycles. The Balaban J connectivity index is 1.59. The van der Waals surface area contributed by atoms with Crippen molar-refractivity contribution in [3.05, 3.63) is 47.6 Å². The molecule has 1 saturated heterocycles. The molecule has 2 heterocycles. The van der Waals surface area contributed by atoms with Crippen LogP contribution in [0, 0.1) is 5.92 Å². The first-order valence-corrected chi connectivity index (χ1v) is 9.17. The monoisotopic (exact) mass is 343 g/mol. The molecule has 1 aliphatic heterocycles. The van der Waals surface area contributed by atoms with Crippen molar-refractivity contribution < 1.29 is 9.63 Å². The molecule has 5 heteroatoms. The molecule has 0 aliphatic carbocycles. The van der Waals surface area contributed by atoms with Crippen molar-refractivity contribution in [1.82, 2.24) is 15.0 Å². The van der Waals surface area contributed by atoms with Crippen LogP contribution in [0.15, 0.2) is 34.9 Å². The first kappa shape index (κ1) is 18.1. The zero-order valence-corrected chi connectivity index (χ0v) is 15.6. The first-order valence-electron chi connectivity index (χ1n) is 9.17. The second-order valence-electron chi connectivity index (χ2n) is 8.11. The molecule has 0 radical (unpaired) electrons. The van der Waals surface area contributed by atoms with Crippen molar-refractivity contribution in [2.24, 2.45) is 5.92 Å². The maximum absolute atomic E-state index is 10.6. The van der Waals surface area contributed by atoms with Gasteiger partial charge in [0.2, 0.25) is 5.89 Å². The summed E-state index contributed by atoms with van der Waals surface area (Å²) in [4.78, 5) is 6.96. The average Bonchev–Trinajstić information content (AvgIpc) is 3.12. The summed E-state index contributed by atoms with van der Waals surface area (Å²) in [5, 5.41) is 14.8. The lowest BCUT2D eigenvalue weighted by Gasteiger charge is -2.36. The molecule has 1 aromatic heterocycles. The smallest absolute Gasteiger partial charge is 0.243 e. The van der Waals surface area contributed by atoms with Crippen LogP contribution in [0.4, 0.5) is 0 Å². The van der Waals surface area contributed by atoms with E-state index in [2.05, 4.69) is 42.7 Å². The Bertz CT molecular complexity index is 670. The molecule has 0 amide bonds. The van der Waals surface area contributed by atoms with Gasteiger partial charge in [-0.25, -0.2) is 0 Å². The van der Waals surface area contributed by atoms with Crippen LogP contribution >= 0.6 is 0 Å². The average molecular weight is 343 g/mol. The molecule has 136 valence electrons. The normalized spacial score (nSPS) is 19.7. The molecule has 0 bridgehead atoms. The highest BCUT2D eigenvalue weighted by molar-refractivity contribution is 5.18. The summed E-state index contributed by atoms with van der Waals surface area (Å²) in [6, 6.07) is 10.1.